The number of rotatable bonds is 6. The van der Waals surface area contributed by atoms with Gasteiger partial charge in [0.15, 0.2) is 5.69 Å². The summed E-state index contributed by atoms with van der Waals surface area (Å²) in [5, 5.41) is 19.0. The van der Waals surface area contributed by atoms with Gasteiger partial charge in [0.2, 0.25) is 11.6 Å². The molecule has 0 bridgehead atoms. The van der Waals surface area contributed by atoms with Crippen LogP contribution in [-0.2, 0) is 6.54 Å². The van der Waals surface area contributed by atoms with Crippen molar-refractivity contribution in [3.8, 4) is 5.82 Å². The predicted octanol–water partition coefficient (Wildman–Crippen LogP) is 2.07. The molecule has 1 aromatic carbocycles. The molecule has 3 heterocycles. The van der Waals surface area contributed by atoms with E-state index in [4.69, 9.17) is 5.73 Å². The third-order valence-electron chi connectivity index (χ3n) is 5.30. The molecular weight excluding hydrogens is 460 g/mol. The second-order valence-corrected chi connectivity index (χ2v) is 7.45. The lowest BCUT2D eigenvalue weighted by molar-refractivity contribution is 0.0945. The van der Waals surface area contributed by atoms with Crippen molar-refractivity contribution in [3.63, 3.8) is 0 Å². The third-order valence-corrected chi connectivity index (χ3v) is 5.30. The van der Waals surface area contributed by atoms with E-state index in [9.17, 15) is 13.6 Å². The Morgan fingerprint density at radius 1 is 1.36 bits per heavy atom. The quantitative estimate of drug-likeness (QED) is 0.402. The van der Waals surface area contributed by atoms with Crippen LogP contribution in [0.3, 0.4) is 0 Å². The Morgan fingerprint density at radius 2 is 2.18 bits per heavy atom. The first kappa shape index (κ1) is 24.2. The summed E-state index contributed by atoms with van der Waals surface area (Å²) in [6, 6.07) is 3.32. The zero-order valence-electron chi connectivity index (χ0n) is 17.6. The summed E-state index contributed by atoms with van der Waals surface area (Å²) in [4.78, 5) is 15.0. The van der Waals surface area contributed by atoms with Gasteiger partial charge >= 0.3 is 0 Å². The number of likely N-dealkylation sites (tertiary alicyclic amines) is 1. The predicted molar refractivity (Wildman–Crippen MR) is 116 cm³/mol. The van der Waals surface area contributed by atoms with Crippen LogP contribution in [0.2, 0.25) is 0 Å². The number of benzene rings is 1. The third kappa shape index (κ3) is 5.31. The van der Waals surface area contributed by atoms with Gasteiger partial charge in [-0.2, -0.15) is 9.78 Å². The second kappa shape index (κ2) is 10.4. The molecule has 3 aromatic rings. The number of anilines is 1. The molecule has 0 aliphatic carbocycles. The molecule has 1 amide bonds. The van der Waals surface area contributed by atoms with Crippen molar-refractivity contribution >= 4 is 30.3 Å². The van der Waals surface area contributed by atoms with Crippen LogP contribution in [-0.4, -0.2) is 54.9 Å². The molecule has 1 unspecified atom stereocenters. The smallest absolute Gasteiger partial charge is 0.293 e. The number of nitrogens with two attached hydrogens (primary N) is 1. The summed E-state index contributed by atoms with van der Waals surface area (Å²) in [6.07, 6.45) is 4.28. The number of aromatic nitrogens is 5. The monoisotopic (exact) mass is 481 g/mol. The van der Waals surface area contributed by atoms with Gasteiger partial charge in [-0.25, -0.2) is 18.8 Å². The molecule has 1 aliphatic rings. The highest BCUT2D eigenvalue weighted by Crippen LogP contribution is 2.22. The highest BCUT2D eigenvalue weighted by molar-refractivity contribution is 5.94. The highest BCUT2D eigenvalue weighted by Gasteiger charge is 2.28. The van der Waals surface area contributed by atoms with E-state index in [1.54, 1.807) is 0 Å². The van der Waals surface area contributed by atoms with Crippen LogP contribution in [0.5, 0.6) is 0 Å². The van der Waals surface area contributed by atoms with Crippen LogP contribution in [0.25, 0.3) is 5.82 Å². The van der Waals surface area contributed by atoms with Crippen molar-refractivity contribution in [1.29, 1.82) is 0 Å². The fourth-order valence-electron chi connectivity index (χ4n) is 3.53. The van der Waals surface area contributed by atoms with Crippen molar-refractivity contribution in [1.82, 2.24) is 35.6 Å². The van der Waals surface area contributed by atoms with Gasteiger partial charge in [0, 0.05) is 24.2 Å². The van der Waals surface area contributed by atoms with Gasteiger partial charge < -0.3 is 5.73 Å². The number of nitrogen functional groups attached to an aromatic ring is 1. The van der Waals surface area contributed by atoms with E-state index in [1.807, 2.05) is 0 Å². The summed E-state index contributed by atoms with van der Waals surface area (Å²) in [6.45, 7) is 3.32. The number of nitrogens with one attached hydrogen (secondary N) is 1. The largest absolute Gasteiger partial charge is 0.378 e. The minimum absolute atomic E-state index is 0. The van der Waals surface area contributed by atoms with Gasteiger partial charge in [-0.15, -0.1) is 17.5 Å². The van der Waals surface area contributed by atoms with Crippen LogP contribution in [0.15, 0.2) is 27.9 Å². The van der Waals surface area contributed by atoms with Crippen LogP contribution < -0.4 is 11.2 Å². The minimum Gasteiger partial charge on any atom is -0.378 e. The molecule has 0 saturated carbocycles. The van der Waals surface area contributed by atoms with E-state index >= 15 is 0 Å². The number of hydrogen-bond donors (Lipinski definition) is 2. The first-order valence-corrected chi connectivity index (χ1v) is 9.99. The maximum Gasteiger partial charge on any atom is 0.293 e. The van der Waals surface area contributed by atoms with Gasteiger partial charge in [-0.05, 0) is 48.8 Å². The maximum absolute atomic E-state index is 13.7. The molecule has 0 radical (unpaired) electrons. The Labute approximate surface area is 193 Å². The fourth-order valence-corrected chi connectivity index (χ4v) is 3.53. The average molecular weight is 482 g/mol. The van der Waals surface area contributed by atoms with E-state index in [2.05, 4.69) is 47.6 Å². The molecule has 176 valence electrons. The average Bonchev–Trinajstić information content (AvgIpc) is 3.37. The number of hydrogen-bond acceptors (Lipinski definition) is 9. The van der Waals surface area contributed by atoms with Crippen LogP contribution in [0.4, 0.5) is 14.6 Å². The number of carbonyl (C=O) groups excluding carboxylic acids is 1. The van der Waals surface area contributed by atoms with Crippen molar-refractivity contribution in [3.05, 3.63) is 46.8 Å². The second-order valence-electron chi connectivity index (χ2n) is 7.45. The normalized spacial score (nSPS) is 16.6. The van der Waals surface area contributed by atoms with Crippen molar-refractivity contribution < 1.29 is 18.2 Å². The zero-order chi connectivity index (χ0) is 22.7. The summed E-state index contributed by atoms with van der Waals surface area (Å²) in [7, 11) is 0. The topological polar surface area (TPSA) is 140 Å². The van der Waals surface area contributed by atoms with Crippen molar-refractivity contribution in [2.75, 3.05) is 12.3 Å². The van der Waals surface area contributed by atoms with Gasteiger partial charge in [0.25, 0.3) is 5.91 Å². The Balaban J connectivity index is 0.00000306. The van der Waals surface area contributed by atoms with Gasteiger partial charge in [-0.1, -0.05) is 11.6 Å². The number of halogens is 3. The molecular formula is C19H22ClF2N9O2. The summed E-state index contributed by atoms with van der Waals surface area (Å²) in [5.74, 6) is -2.06. The van der Waals surface area contributed by atoms with Gasteiger partial charge in [-0.3, -0.25) is 9.69 Å². The number of carbonyl (C=O) groups is 1. The Hall–Kier alpha value is -3.45. The molecule has 2 aromatic heterocycles. The van der Waals surface area contributed by atoms with Crippen molar-refractivity contribution in [2.24, 2.45) is 5.10 Å². The zero-order valence-corrected chi connectivity index (χ0v) is 18.4. The number of nitrogens with zero attached hydrogens (tertiary/aromatic N) is 7. The molecule has 1 atom stereocenters. The molecule has 3 N–H and O–H groups in total. The van der Waals surface area contributed by atoms with Crippen LogP contribution in [0.1, 0.15) is 47.9 Å². The minimum atomic E-state index is -0.803. The lowest BCUT2D eigenvalue weighted by atomic mass is 10.0. The number of piperidine rings is 1. The van der Waals surface area contributed by atoms with Crippen molar-refractivity contribution in [2.45, 2.75) is 38.8 Å². The number of amides is 1. The molecule has 1 fully saturated rings. The van der Waals surface area contributed by atoms with Crippen LogP contribution in [0, 0.1) is 11.6 Å². The molecule has 0 spiro atoms. The maximum atomic E-state index is 13.7. The van der Waals surface area contributed by atoms with E-state index in [0.29, 0.717) is 18.3 Å². The fraction of sp³-hybridized carbons (Fsp3) is 0.368. The summed E-state index contributed by atoms with van der Waals surface area (Å²) in [5.41, 5.74) is 8.54. The molecule has 1 saturated heterocycles. The molecule has 14 heteroatoms. The Morgan fingerprint density at radius 3 is 2.88 bits per heavy atom. The lowest BCUT2D eigenvalue weighted by Gasteiger charge is -2.33. The molecule has 33 heavy (non-hydrogen) atoms. The van der Waals surface area contributed by atoms with E-state index in [-0.39, 0.29) is 35.3 Å². The standard InChI is InChI=1S/C19H21F2N9O2.ClH/c1-11-4-2-3-7-29(11)10-15-16(24-28-30(15)18-17(22)26-32-27-18)19(31)25-23-9-12-5-6-13(20)8-14(12)21;/h5-6,8-9,11H,2-4,7,10H2,1H3,(H2,22,26)(H,25,31);1H/b23-9-;. The lowest BCUT2D eigenvalue weighted by Crippen LogP contribution is -2.38. The molecule has 4 rings (SSSR count). The number of hydrazone groups is 1. The Kier molecular flexibility index (Phi) is 7.66. The van der Waals surface area contributed by atoms with E-state index in [0.717, 1.165) is 44.2 Å². The highest BCUT2D eigenvalue weighted by atomic mass is 35.5. The molecule has 11 nitrogen and oxygen atoms in total. The first-order valence-electron chi connectivity index (χ1n) is 9.99. The van der Waals surface area contributed by atoms with Crippen LogP contribution >= 0.6 is 12.4 Å². The first-order chi connectivity index (χ1) is 15.4. The summed E-state index contributed by atoms with van der Waals surface area (Å²) < 4.78 is 32.7. The summed E-state index contributed by atoms with van der Waals surface area (Å²) >= 11 is 0. The SMILES string of the molecule is CC1CCCCN1Cc1c(C(=O)N/N=C\c2ccc(F)cc2F)nnn1-c1nonc1N.Cl. The van der Waals surface area contributed by atoms with Gasteiger partial charge in [0.05, 0.1) is 11.9 Å². The van der Waals surface area contributed by atoms with E-state index < -0.39 is 17.5 Å². The molecule has 1 aliphatic heterocycles. The van der Waals surface area contributed by atoms with Gasteiger partial charge in [0.1, 0.15) is 11.6 Å². The Bertz CT molecular complexity index is 1150. The van der Waals surface area contributed by atoms with E-state index in [1.165, 1.54) is 10.7 Å².